The van der Waals surface area contributed by atoms with Crippen molar-refractivity contribution in [3.63, 3.8) is 0 Å². The average Bonchev–Trinajstić information content (AvgIpc) is 2.85. The summed E-state index contributed by atoms with van der Waals surface area (Å²) in [6, 6.07) is 6.88. The molecular weight excluding hydrogens is 298 g/mol. The molecular formula is C16H23N3O2S. The molecule has 2 rings (SSSR count). The molecule has 1 heterocycles. The van der Waals surface area contributed by atoms with Gasteiger partial charge in [0.15, 0.2) is 9.84 Å². The number of aromatic nitrogens is 2. The lowest BCUT2D eigenvalue weighted by molar-refractivity contribution is 0.499. The summed E-state index contributed by atoms with van der Waals surface area (Å²) in [6.07, 6.45) is 3.72. The quantitative estimate of drug-likeness (QED) is 0.886. The molecule has 0 saturated carbocycles. The number of benzene rings is 1. The van der Waals surface area contributed by atoms with Crippen LogP contribution in [0.25, 0.3) is 0 Å². The summed E-state index contributed by atoms with van der Waals surface area (Å²) in [6.45, 7) is 5.83. The van der Waals surface area contributed by atoms with Gasteiger partial charge in [0.05, 0.1) is 16.8 Å². The normalized spacial score (nSPS) is 14.7. The minimum atomic E-state index is -3.28. The third-order valence-electron chi connectivity index (χ3n) is 3.61. The Balaban J connectivity index is 2.01. The highest BCUT2D eigenvalue weighted by molar-refractivity contribution is 7.91. The fourth-order valence-electron chi connectivity index (χ4n) is 2.41. The predicted molar refractivity (Wildman–Crippen MR) is 87.5 cm³/mol. The lowest BCUT2D eigenvalue weighted by atomic mass is 10.2. The van der Waals surface area contributed by atoms with Crippen LogP contribution in [0.4, 0.5) is 0 Å². The second kappa shape index (κ2) is 6.62. The highest BCUT2D eigenvalue weighted by atomic mass is 32.2. The average molecular weight is 321 g/mol. The van der Waals surface area contributed by atoms with E-state index in [4.69, 9.17) is 0 Å². The van der Waals surface area contributed by atoms with Gasteiger partial charge in [-0.3, -0.25) is 4.68 Å². The third-order valence-corrected chi connectivity index (χ3v) is 5.54. The largest absolute Gasteiger partial charge is 0.307 e. The molecule has 0 amide bonds. The van der Waals surface area contributed by atoms with E-state index in [-0.39, 0.29) is 17.8 Å². The van der Waals surface area contributed by atoms with Crippen LogP contribution in [0, 0.1) is 6.92 Å². The van der Waals surface area contributed by atoms with Crippen LogP contribution in [0.5, 0.6) is 0 Å². The molecule has 120 valence electrons. The summed E-state index contributed by atoms with van der Waals surface area (Å²) >= 11 is 0. The van der Waals surface area contributed by atoms with E-state index < -0.39 is 9.84 Å². The number of hydrogen-bond acceptors (Lipinski definition) is 4. The zero-order chi connectivity index (χ0) is 16.3. The Kier molecular flexibility index (Phi) is 5.03. The van der Waals surface area contributed by atoms with Gasteiger partial charge in [0.2, 0.25) is 0 Å². The third kappa shape index (κ3) is 4.18. The van der Waals surface area contributed by atoms with Crippen molar-refractivity contribution >= 4 is 9.84 Å². The van der Waals surface area contributed by atoms with Gasteiger partial charge in [-0.05, 0) is 32.9 Å². The van der Waals surface area contributed by atoms with Gasteiger partial charge in [-0.1, -0.05) is 17.7 Å². The summed E-state index contributed by atoms with van der Waals surface area (Å²) < 4.78 is 26.6. The van der Waals surface area contributed by atoms with E-state index in [1.165, 1.54) is 0 Å². The van der Waals surface area contributed by atoms with Crippen LogP contribution >= 0.6 is 0 Å². The van der Waals surface area contributed by atoms with Crippen LogP contribution in [-0.2, 0) is 16.9 Å². The van der Waals surface area contributed by atoms with Crippen LogP contribution < -0.4 is 5.32 Å². The first-order valence-electron chi connectivity index (χ1n) is 7.32. The summed E-state index contributed by atoms with van der Waals surface area (Å²) in [5.74, 6) is 0.0701. The molecule has 5 nitrogen and oxygen atoms in total. The molecule has 22 heavy (non-hydrogen) atoms. The molecule has 0 radical (unpaired) electrons. The Morgan fingerprint density at radius 2 is 1.86 bits per heavy atom. The van der Waals surface area contributed by atoms with E-state index in [9.17, 15) is 8.42 Å². The molecule has 1 N–H and O–H groups in total. The van der Waals surface area contributed by atoms with Crippen LogP contribution in [0.3, 0.4) is 0 Å². The summed E-state index contributed by atoms with van der Waals surface area (Å²) in [5, 5.41) is 7.45. The highest BCUT2D eigenvalue weighted by Crippen LogP contribution is 2.15. The van der Waals surface area contributed by atoms with Gasteiger partial charge in [-0.25, -0.2) is 8.42 Å². The molecule has 0 unspecified atom stereocenters. The zero-order valence-electron chi connectivity index (χ0n) is 13.4. The molecule has 0 bridgehead atoms. The smallest absolute Gasteiger partial charge is 0.179 e. The molecule has 0 aliphatic rings. The summed E-state index contributed by atoms with van der Waals surface area (Å²) in [5.41, 5.74) is 2.09. The first kappa shape index (κ1) is 16.7. The van der Waals surface area contributed by atoms with Gasteiger partial charge in [0, 0.05) is 30.9 Å². The van der Waals surface area contributed by atoms with Crippen molar-refractivity contribution in [2.24, 2.45) is 7.05 Å². The first-order valence-corrected chi connectivity index (χ1v) is 8.97. The van der Waals surface area contributed by atoms with E-state index >= 15 is 0 Å². The van der Waals surface area contributed by atoms with Gasteiger partial charge < -0.3 is 5.32 Å². The Labute approximate surface area is 132 Å². The fourth-order valence-corrected chi connectivity index (χ4v) is 3.90. The van der Waals surface area contributed by atoms with Crippen molar-refractivity contribution in [3.05, 3.63) is 47.8 Å². The summed E-state index contributed by atoms with van der Waals surface area (Å²) in [7, 11) is -1.42. The minimum Gasteiger partial charge on any atom is -0.307 e. The van der Waals surface area contributed by atoms with Crippen LogP contribution in [0.15, 0.2) is 41.6 Å². The number of aryl methyl sites for hydroxylation is 2. The lowest BCUT2D eigenvalue weighted by Gasteiger charge is -2.19. The fraction of sp³-hybridized carbons (Fsp3) is 0.438. The maximum absolute atomic E-state index is 12.4. The molecule has 0 spiro atoms. The maximum atomic E-state index is 12.4. The molecule has 6 heteroatoms. The highest BCUT2D eigenvalue weighted by Gasteiger charge is 2.20. The van der Waals surface area contributed by atoms with Gasteiger partial charge >= 0.3 is 0 Å². The standard InChI is InChI=1S/C16H23N3O2S/c1-12-5-7-16(8-6-12)22(20,21)11-13(2)18-14(3)15-9-17-19(4)10-15/h5-10,13-14,18H,11H2,1-4H3/t13-,14+/m1/s1. The molecule has 0 aliphatic carbocycles. The van der Waals surface area contributed by atoms with Crippen molar-refractivity contribution in [2.75, 3.05) is 5.75 Å². The topological polar surface area (TPSA) is 64.0 Å². The van der Waals surface area contributed by atoms with Crippen molar-refractivity contribution in [3.8, 4) is 0 Å². The van der Waals surface area contributed by atoms with E-state index in [0.717, 1.165) is 11.1 Å². The number of sulfone groups is 1. The first-order chi connectivity index (χ1) is 10.3. The number of rotatable bonds is 6. The lowest BCUT2D eigenvalue weighted by Crippen LogP contribution is -2.34. The van der Waals surface area contributed by atoms with E-state index in [1.807, 2.05) is 46.1 Å². The van der Waals surface area contributed by atoms with Crippen molar-refractivity contribution in [1.82, 2.24) is 15.1 Å². The Hall–Kier alpha value is -1.66. The van der Waals surface area contributed by atoms with E-state index in [2.05, 4.69) is 10.4 Å². The second-order valence-electron chi connectivity index (χ2n) is 5.83. The predicted octanol–water partition coefficient (Wildman–Crippen LogP) is 2.24. The summed E-state index contributed by atoms with van der Waals surface area (Å²) in [4.78, 5) is 0.376. The van der Waals surface area contributed by atoms with Crippen molar-refractivity contribution < 1.29 is 8.42 Å². The Morgan fingerprint density at radius 3 is 2.41 bits per heavy atom. The van der Waals surface area contributed by atoms with Crippen LogP contribution in [0.2, 0.25) is 0 Å². The van der Waals surface area contributed by atoms with Gasteiger partial charge in [-0.15, -0.1) is 0 Å². The molecule has 2 aromatic rings. The number of nitrogens with one attached hydrogen (secondary N) is 1. The second-order valence-corrected chi connectivity index (χ2v) is 7.87. The Morgan fingerprint density at radius 1 is 1.23 bits per heavy atom. The van der Waals surface area contributed by atoms with Gasteiger partial charge in [0.25, 0.3) is 0 Å². The SMILES string of the molecule is Cc1ccc(S(=O)(=O)C[C@@H](C)N[C@@H](C)c2cnn(C)c2)cc1. The number of nitrogens with zero attached hydrogens (tertiary/aromatic N) is 2. The van der Waals surface area contributed by atoms with E-state index in [1.54, 1.807) is 23.0 Å². The monoisotopic (exact) mass is 321 g/mol. The molecule has 2 atom stereocenters. The van der Waals surface area contributed by atoms with Gasteiger partial charge in [-0.2, -0.15) is 5.10 Å². The Bertz CT molecular complexity index is 720. The van der Waals surface area contributed by atoms with Crippen molar-refractivity contribution in [2.45, 2.75) is 37.8 Å². The maximum Gasteiger partial charge on any atom is 0.179 e. The molecule has 0 saturated heterocycles. The molecule has 1 aromatic carbocycles. The molecule has 0 fully saturated rings. The van der Waals surface area contributed by atoms with Gasteiger partial charge in [0.1, 0.15) is 0 Å². The minimum absolute atomic E-state index is 0.0527. The van der Waals surface area contributed by atoms with Crippen LogP contribution in [-0.4, -0.2) is 30.0 Å². The van der Waals surface area contributed by atoms with Crippen molar-refractivity contribution in [1.29, 1.82) is 0 Å². The zero-order valence-corrected chi connectivity index (χ0v) is 14.3. The van der Waals surface area contributed by atoms with E-state index in [0.29, 0.717) is 4.90 Å². The molecule has 0 aliphatic heterocycles. The molecule has 1 aromatic heterocycles. The number of hydrogen-bond donors (Lipinski definition) is 1. The van der Waals surface area contributed by atoms with Crippen LogP contribution in [0.1, 0.15) is 31.0 Å².